The number of H-pyrrole nitrogens is 1. The molecular formula is C13H10N4O2. The molecule has 1 aromatic carbocycles. The number of benzene rings is 1. The van der Waals surface area contributed by atoms with E-state index < -0.39 is 5.97 Å². The summed E-state index contributed by atoms with van der Waals surface area (Å²) in [6.45, 7) is 2.01. The van der Waals surface area contributed by atoms with E-state index in [1.807, 2.05) is 31.3 Å². The molecule has 2 aromatic heterocycles. The summed E-state index contributed by atoms with van der Waals surface area (Å²) < 4.78 is 0. The van der Waals surface area contributed by atoms with Gasteiger partial charge in [-0.3, -0.25) is 0 Å². The molecule has 6 nitrogen and oxygen atoms in total. The van der Waals surface area contributed by atoms with Crippen molar-refractivity contribution < 1.29 is 9.90 Å². The highest BCUT2D eigenvalue weighted by Crippen LogP contribution is 2.27. The van der Waals surface area contributed by atoms with Crippen LogP contribution in [0.4, 0.5) is 0 Å². The van der Waals surface area contributed by atoms with Gasteiger partial charge in [-0.2, -0.15) is 0 Å². The molecule has 0 aliphatic rings. The highest BCUT2D eigenvalue weighted by molar-refractivity contribution is 5.96. The first-order valence-corrected chi connectivity index (χ1v) is 5.67. The molecule has 0 atom stereocenters. The van der Waals surface area contributed by atoms with Crippen molar-refractivity contribution in [2.75, 3.05) is 0 Å². The molecule has 19 heavy (non-hydrogen) atoms. The lowest BCUT2D eigenvalue weighted by Crippen LogP contribution is -2.05. The molecule has 3 aromatic rings. The molecule has 3 rings (SSSR count). The molecule has 0 saturated carbocycles. The maximum atomic E-state index is 10.7. The molecule has 0 fully saturated rings. The van der Waals surface area contributed by atoms with Gasteiger partial charge in [-0.15, -0.1) is 10.2 Å². The molecule has 0 unspecified atom stereocenters. The zero-order valence-electron chi connectivity index (χ0n) is 10.1. The van der Waals surface area contributed by atoms with Gasteiger partial charge in [-0.25, -0.2) is 9.78 Å². The summed E-state index contributed by atoms with van der Waals surface area (Å²) in [6, 6.07) is 5.95. The van der Waals surface area contributed by atoms with Crippen molar-refractivity contribution >= 4 is 16.9 Å². The number of para-hydroxylation sites is 1. The summed E-state index contributed by atoms with van der Waals surface area (Å²) in [5, 5.41) is 17.3. The lowest BCUT2D eigenvalue weighted by molar-refractivity contribution is 0.0682. The van der Waals surface area contributed by atoms with Crippen LogP contribution in [0.2, 0.25) is 0 Å². The molecule has 0 amide bonds. The van der Waals surface area contributed by atoms with Gasteiger partial charge in [0.1, 0.15) is 5.69 Å². The van der Waals surface area contributed by atoms with Gasteiger partial charge < -0.3 is 10.1 Å². The fraction of sp³-hybridized carbons (Fsp3) is 0.0769. The average Bonchev–Trinajstić information content (AvgIpc) is 2.84. The summed E-state index contributed by atoms with van der Waals surface area (Å²) in [6.07, 6.45) is 3.24. The van der Waals surface area contributed by atoms with Gasteiger partial charge in [0, 0.05) is 22.7 Å². The first-order valence-electron chi connectivity index (χ1n) is 5.67. The Kier molecular flexibility index (Phi) is 2.49. The van der Waals surface area contributed by atoms with Crippen molar-refractivity contribution in [3.63, 3.8) is 0 Å². The van der Waals surface area contributed by atoms with E-state index in [-0.39, 0.29) is 5.82 Å². The second kappa shape index (κ2) is 4.16. The molecule has 0 bridgehead atoms. The van der Waals surface area contributed by atoms with Crippen LogP contribution in [0.3, 0.4) is 0 Å². The number of aromatic nitrogens is 4. The normalized spacial score (nSPS) is 10.8. The van der Waals surface area contributed by atoms with Crippen molar-refractivity contribution in [2.45, 2.75) is 6.92 Å². The largest absolute Gasteiger partial charge is 0.475 e. The van der Waals surface area contributed by atoms with Crippen LogP contribution < -0.4 is 0 Å². The predicted octanol–water partition coefficient (Wildman–Crippen LogP) is 2.03. The molecular weight excluding hydrogens is 244 g/mol. The van der Waals surface area contributed by atoms with Crippen molar-refractivity contribution in [3.05, 3.63) is 42.0 Å². The lowest BCUT2D eigenvalue weighted by atomic mass is 10.1. The zero-order chi connectivity index (χ0) is 13.4. The summed E-state index contributed by atoms with van der Waals surface area (Å²) in [5.41, 5.74) is 3.56. The van der Waals surface area contributed by atoms with Gasteiger partial charge in [0.05, 0.1) is 6.20 Å². The summed E-state index contributed by atoms with van der Waals surface area (Å²) >= 11 is 0. The Morgan fingerprint density at radius 1 is 1.32 bits per heavy atom. The molecule has 0 spiro atoms. The van der Waals surface area contributed by atoms with Gasteiger partial charge >= 0.3 is 5.97 Å². The smallest absolute Gasteiger partial charge is 0.375 e. The van der Waals surface area contributed by atoms with Crippen LogP contribution in [-0.2, 0) is 0 Å². The maximum absolute atomic E-state index is 10.7. The van der Waals surface area contributed by atoms with Crippen molar-refractivity contribution in [1.82, 2.24) is 20.2 Å². The second-order valence-corrected chi connectivity index (χ2v) is 4.17. The molecule has 0 aliphatic heterocycles. The van der Waals surface area contributed by atoms with Crippen molar-refractivity contribution in [3.8, 4) is 11.3 Å². The van der Waals surface area contributed by atoms with Gasteiger partial charge in [0.15, 0.2) is 0 Å². The van der Waals surface area contributed by atoms with Crippen LogP contribution in [0.25, 0.3) is 22.2 Å². The Hall–Kier alpha value is -2.76. The molecule has 0 aliphatic carbocycles. The van der Waals surface area contributed by atoms with E-state index in [0.717, 1.165) is 22.0 Å². The zero-order valence-corrected chi connectivity index (χ0v) is 10.1. The number of nitrogens with one attached hydrogen (secondary N) is 1. The number of hydrogen-bond donors (Lipinski definition) is 2. The Balaban J connectivity index is 2.14. The minimum atomic E-state index is -1.19. The number of aromatic amines is 1. The number of rotatable bonds is 2. The van der Waals surface area contributed by atoms with E-state index >= 15 is 0 Å². The van der Waals surface area contributed by atoms with Crippen LogP contribution in [-0.4, -0.2) is 31.2 Å². The third kappa shape index (κ3) is 1.83. The first kappa shape index (κ1) is 11.3. The molecule has 94 valence electrons. The lowest BCUT2D eigenvalue weighted by Gasteiger charge is -1.99. The summed E-state index contributed by atoms with van der Waals surface area (Å²) in [4.78, 5) is 17.6. The molecule has 0 radical (unpaired) electrons. The van der Waals surface area contributed by atoms with E-state index in [2.05, 4.69) is 20.2 Å². The van der Waals surface area contributed by atoms with E-state index in [0.29, 0.717) is 5.69 Å². The highest BCUT2D eigenvalue weighted by atomic mass is 16.4. The number of carbonyl (C=O) groups is 1. The van der Waals surface area contributed by atoms with Gasteiger partial charge in [-0.05, 0) is 12.5 Å². The number of fused-ring (bicyclic) bond motifs is 1. The third-order valence-corrected chi connectivity index (χ3v) is 2.95. The van der Waals surface area contributed by atoms with E-state index in [4.69, 9.17) is 5.11 Å². The van der Waals surface area contributed by atoms with Gasteiger partial charge in [0.2, 0.25) is 0 Å². The predicted molar refractivity (Wildman–Crippen MR) is 68.8 cm³/mol. The average molecular weight is 254 g/mol. The van der Waals surface area contributed by atoms with Crippen molar-refractivity contribution in [1.29, 1.82) is 0 Å². The first-order chi connectivity index (χ1) is 9.16. The van der Waals surface area contributed by atoms with Crippen LogP contribution in [0.15, 0.2) is 30.6 Å². The Labute approximate surface area is 108 Å². The molecule has 6 heteroatoms. The van der Waals surface area contributed by atoms with E-state index in [1.165, 1.54) is 6.20 Å². The van der Waals surface area contributed by atoms with Crippen molar-refractivity contribution in [2.24, 2.45) is 0 Å². The Bertz CT molecular complexity index is 762. The van der Waals surface area contributed by atoms with Crippen LogP contribution in [0, 0.1) is 6.92 Å². The fourth-order valence-corrected chi connectivity index (χ4v) is 2.01. The minimum Gasteiger partial charge on any atom is -0.475 e. The maximum Gasteiger partial charge on any atom is 0.375 e. The minimum absolute atomic E-state index is 0.306. The summed E-state index contributed by atoms with van der Waals surface area (Å²) in [5.74, 6) is -1.49. The number of aromatic carboxylic acids is 1. The molecule has 2 heterocycles. The fourth-order valence-electron chi connectivity index (χ4n) is 2.01. The third-order valence-electron chi connectivity index (χ3n) is 2.95. The summed E-state index contributed by atoms with van der Waals surface area (Å²) in [7, 11) is 0. The number of hydrogen-bond acceptors (Lipinski definition) is 4. The number of carboxylic acid groups (broad SMARTS) is 1. The van der Waals surface area contributed by atoms with Crippen LogP contribution in [0.5, 0.6) is 0 Å². The standard InChI is InChI=1S/C13H10N4O2/c1-7-3-2-4-8-9(5-14-11(7)8)10-6-15-12(13(18)19)17-16-10/h2-6,14H,1H3,(H,18,19). The molecule has 0 saturated heterocycles. The van der Waals surface area contributed by atoms with Crippen LogP contribution in [0.1, 0.15) is 16.2 Å². The van der Waals surface area contributed by atoms with Crippen LogP contribution >= 0.6 is 0 Å². The highest BCUT2D eigenvalue weighted by Gasteiger charge is 2.12. The second-order valence-electron chi connectivity index (χ2n) is 4.17. The topological polar surface area (TPSA) is 91.8 Å². The number of carboxylic acids is 1. The SMILES string of the molecule is Cc1cccc2c(-c3cnc(C(=O)O)nn3)c[nH]c12. The Morgan fingerprint density at radius 3 is 2.84 bits per heavy atom. The van der Waals surface area contributed by atoms with Gasteiger partial charge in [0.25, 0.3) is 5.82 Å². The quantitative estimate of drug-likeness (QED) is 0.730. The Morgan fingerprint density at radius 2 is 2.16 bits per heavy atom. The number of nitrogens with zero attached hydrogens (tertiary/aromatic N) is 3. The van der Waals surface area contributed by atoms with Gasteiger partial charge in [-0.1, -0.05) is 18.2 Å². The monoisotopic (exact) mass is 254 g/mol. The molecule has 2 N–H and O–H groups in total. The van der Waals surface area contributed by atoms with E-state index in [9.17, 15) is 4.79 Å². The van der Waals surface area contributed by atoms with E-state index in [1.54, 1.807) is 0 Å². The number of aryl methyl sites for hydroxylation is 1.